The van der Waals surface area contributed by atoms with Crippen LogP contribution in [-0.4, -0.2) is 29.7 Å². The van der Waals surface area contributed by atoms with Crippen LogP contribution in [-0.2, 0) is 13.1 Å². The molecule has 98 valence electrons. The monoisotopic (exact) mass is 239 g/mol. The number of nitrogens with one attached hydrogen (secondary N) is 1. The van der Waals surface area contributed by atoms with Gasteiger partial charge in [0, 0.05) is 19.2 Å². The highest BCUT2D eigenvalue weighted by molar-refractivity contribution is 5.05. The van der Waals surface area contributed by atoms with Crippen molar-refractivity contribution in [1.29, 1.82) is 0 Å². The molecule has 0 atom stereocenters. The third-order valence-corrected chi connectivity index (χ3v) is 2.61. The molecule has 1 rings (SSSR count). The Kier molecular flexibility index (Phi) is 6.22. The topological polar surface area (TPSA) is 41.3 Å². The molecule has 17 heavy (non-hydrogen) atoms. The van der Waals surface area contributed by atoms with Gasteiger partial charge in [0.05, 0.1) is 12.2 Å². The van der Waals surface area contributed by atoms with Gasteiger partial charge in [-0.1, -0.05) is 32.9 Å². The number of nitrogens with zero attached hydrogens (tertiary/aromatic N) is 2. The highest BCUT2D eigenvalue weighted by atomic mass is 16.5. The van der Waals surface area contributed by atoms with E-state index < -0.39 is 0 Å². The van der Waals surface area contributed by atoms with Gasteiger partial charge in [0.2, 0.25) is 0 Å². The Morgan fingerprint density at radius 1 is 1.41 bits per heavy atom. The molecule has 0 aliphatic heterocycles. The van der Waals surface area contributed by atoms with Gasteiger partial charge >= 0.3 is 0 Å². The summed E-state index contributed by atoms with van der Waals surface area (Å²) in [4.78, 5) is 2.38. The summed E-state index contributed by atoms with van der Waals surface area (Å²) in [5, 5.41) is 7.30. The predicted molar refractivity (Wildman–Crippen MR) is 69.7 cm³/mol. The molecule has 1 N–H and O–H groups in total. The fraction of sp³-hybridized carbons (Fsp3) is 0.769. The van der Waals surface area contributed by atoms with Crippen LogP contribution in [0.15, 0.2) is 10.6 Å². The van der Waals surface area contributed by atoms with E-state index in [1.54, 1.807) is 0 Å². The first kappa shape index (κ1) is 14.2. The lowest BCUT2D eigenvalue weighted by atomic mass is 10.2. The van der Waals surface area contributed by atoms with E-state index in [-0.39, 0.29) is 0 Å². The normalized spacial score (nSPS) is 11.6. The summed E-state index contributed by atoms with van der Waals surface area (Å²) < 4.78 is 5.34. The van der Waals surface area contributed by atoms with Crippen LogP contribution >= 0.6 is 0 Å². The summed E-state index contributed by atoms with van der Waals surface area (Å²) in [5.74, 6) is 1.64. The van der Waals surface area contributed by atoms with Gasteiger partial charge in [0.1, 0.15) is 0 Å². The van der Waals surface area contributed by atoms with Crippen molar-refractivity contribution in [1.82, 2.24) is 15.4 Å². The zero-order valence-electron chi connectivity index (χ0n) is 11.5. The molecule has 0 unspecified atom stereocenters. The highest BCUT2D eigenvalue weighted by Crippen LogP contribution is 2.09. The molecule has 0 radical (unpaired) electrons. The van der Waals surface area contributed by atoms with Crippen LogP contribution in [0.2, 0.25) is 0 Å². The lowest BCUT2D eigenvalue weighted by molar-refractivity contribution is 0.218. The Morgan fingerprint density at radius 3 is 2.76 bits per heavy atom. The van der Waals surface area contributed by atoms with E-state index in [9.17, 15) is 0 Å². The Bertz CT molecular complexity index is 309. The molecule has 0 fully saturated rings. The van der Waals surface area contributed by atoms with Gasteiger partial charge in [-0.2, -0.15) is 0 Å². The Morgan fingerprint density at radius 2 is 2.18 bits per heavy atom. The molecule has 0 amide bonds. The van der Waals surface area contributed by atoms with Crippen LogP contribution in [0.25, 0.3) is 0 Å². The fourth-order valence-corrected chi connectivity index (χ4v) is 1.81. The second-order valence-electron chi connectivity index (χ2n) is 4.79. The average molecular weight is 239 g/mol. The third-order valence-electron chi connectivity index (χ3n) is 2.61. The van der Waals surface area contributed by atoms with E-state index in [1.165, 1.54) is 0 Å². The second-order valence-corrected chi connectivity index (χ2v) is 4.79. The Labute approximate surface area is 104 Å². The van der Waals surface area contributed by atoms with Crippen molar-refractivity contribution in [3.8, 4) is 0 Å². The molecule has 4 heteroatoms. The fourth-order valence-electron chi connectivity index (χ4n) is 1.81. The Hall–Kier alpha value is -0.870. The van der Waals surface area contributed by atoms with E-state index in [0.29, 0.717) is 5.92 Å². The minimum atomic E-state index is 0.680. The van der Waals surface area contributed by atoms with Crippen molar-refractivity contribution in [3.63, 3.8) is 0 Å². The maximum absolute atomic E-state index is 5.34. The van der Waals surface area contributed by atoms with E-state index in [2.05, 4.69) is 43.1 Å². The summed E-state index contributed by atoms with van der Waals surface area (Å²) in [6, 6.07) is 2.05. The van der Waals surface area contributed by atoms with Gasteiger partial charge in [-0.3, -0.25) is 4.90 Å². The van der Waals surface area contributed by atoms with Gasteiger partial charge in [-0.25, -0.2) is 0 Å². The van der Waals surface area contributed by atoms with Gasteiger partial charge in [-0.05, 0) is 19.0 Å². The average Bonchev–Trinajstić information content (AvgIpc) is 2.72. The van der Waals surface area contributed by atoms with E-state index in [4.69, 9.17) is 4.52 Å². The lowest BCUT2D eigenvalue weighted by Gasteiger charge is -2.20. The number of rotatable bonds is 8. The molecule has 1 aromatic rings. The van der Waals surface area contributed by atoms with E-state index in [0.717, 1.165) is 44.2 Å². The molecular formula is C13H25N3O. The molecule has 0 spiro atoms. The number of aromatic nitrogens is 1. The standard InChI is InChI=1S/C13H25N3O/c1-5-14-8-12-7-13(17-15-12)10-16(6-2)9-11(3)4/h7,11,14H,5-6,8-10H2,1-4H3. The summed E-state index contributed by atoms with van der Waals surface area (Å²) in [7, 11) is 0. The van der Waals surface area contributed by atoms with Crippen molar-refractivity contribution in [3.05, 3.63) is 17.5 Å². The van der Waals surface area contributed by atoms with Crippen molar-refractivity contribution >= 4 is 0 Å². The molecule has 0 bridgehead atoms. The molecular weight excluding hydrogens is 214 g/mol. The van der Waals surface area contributed by atoms with Crippen LogP contribution < -0.4 is 5.32 Å². The maximum atomic E-state index is 5.34. The summed E-state index contributed by atoms with van der Waals surface area (Å²) in [5.41, 5.74) is 0.988. The minimum Gasteiger partial charge on any atom is -0.360 e. The van der Waals surface area contributed by atoms with Crippen LogP contribution in [0, 0.1) is 5.92 Å². The SMILES string of the molecule is CCNCc1cc(CN(CC)CC(C)C)on1. The molecule has 1 aromatic heterocycles. The zero-order chi connectivity index (χ0) is 12.7. The largest absolute Gasteiger partial charge is 0.360 e. The molecule has 0 saturated heterocycles. The van der Waals surface area contributed by atoms with Gasteiger partial charge in [0.25, 0.3) is 0 Å². The van der Waals surface area contributed by atoms with Gasteiger partial charge in [0.15, 0.2) is 5.76 Å². The van der Waals surface area contributed by atoms with Gasteiger partial charge in [-0.15, -0.1) is 0 Å². The summed E-state index contributed by atoms with van der Waals surface area (Å²) in [6.07, 6.45) is 0. The molecule has 0 aliphatic rings. The number of hydrogen-bond donors (Lipinski definition) is 1. The summed E-state index contributed by atoms with van der Waals surface area (Å²) >= 11 is 0. The Balaban J connectivity index is 2.46. The van der Waals surface area contributed by atoms with Crippen LogP contribution in [0.4, 0.5) is 0 Å². The first-order valence-electron chi connectivity index (χ1n) is 6.53. The van der Waals surface area contributed by atoms with Crippen LogP contribution in [0.5, 0.6) is 0 Å². The van der Waals surface area contributed by atoms with E-state index in [1.807, 2.05) is 6.07 Å². The molecule has 0 aromatic carbocycles. The minimum absolute atomic E-state index is 0.680. The maximum Gasteiger partial charge on any atom is 0.151 e. The van der Waals surface area contributed by atoms with Crippen LogP contribution in [0.3, 0.4) is 0 Å². The van der Waals surface area contributed by atoms with Crippen molar-refractivity contribution < 1.29 is 4.52 Å². The lowest BCUT2D eigenvalue weighted by Crippen LogP contribution is -2.26. The van der Waals surface area contributed by atoms with E-state index >= 15 is 0 Å². The zero-order valence-corrected chi connectivity index (χ0v) is 11.5. The highest BCUT2D eigenvalue weighted by Gasteiger charge is 2.10. The molecule has 1 heterocycles. The third kappa shape index (κ3) is 5.33. The van der Waals surface area contributed by atoms with Crippen molar-refractivity contribution in [2.75, 3.05) is 19.6 Å². The first-order valence-corrected chi connectivity index (χ1v) is 6.53. The van der Waals surface area contributed by atoms with Crippen molar-refractivity contribution in [2.24, 2.45) is 5.92 Å². The summed E-state index contributed by atoms with van der Waals surface area (Å²) in [6.45, 7) is 13.5. The second kappa shape index (κ2) is 7.45. The van der Waals surface area contributed by atoms with Crippen molar-refractivity contribution in [2.45, 2.75) is 40.8 Å². The smallest absolute Gasteiger partial charge is 0.151 e. The predicted octanol–water partition coefficient (Wildman–Crippen LogP) is 2.26. The molecule has 4 nitrogen and oxygen atoms in total. The van der Waals surface area contributed by atoms with Crippen LogP contribution in [0.1, 0.15) is 39.1 Å². The quantitative estimate of drug-likeness (QED) is 0.755. The first-order chi connectivity index (χ1) is 8.15. The number of hydrogen-bond acceptors (Lipinski definition) is 4. The molecule has 0 saturated carbocycles. The molecule has 0 aliphatic carbocycles. The van der Waals surface area contributed by atoms with Gasteiger partial charge < -0.3 is 9.84 Å².